The second kappa shape index (κ2) is 6.67. The maximum atomic E-state index is 12.4. The van der Waals surface area contributed by atoms with Crippen molar-refractivity contribution in [2.45, 2.75) is 22.7 Å². The number of thiophene rings is 1. The van der Waals surface area contributed by atoms with Crippen LogP contribution in [-0.2, 0) is 16.6 Å². The summed E-state index contributed by atoms with van der Waals surface area (Å²) in [5, 5.41) is 1.93. The summed E-state index contributed by atoms with van der Waals surface area (Å²) in [6.07, 6.45) is 0. The highest BCUT2D eigenvalue weighted by Crippen LogP contribution is 2.30. The van der Waals surface area contributed by atoms with E-state index in [0.717, 1.165) is 25.2 Å². The molecular formula is C14H14N2O2S4. The Bertz CT molecular complexity index is 870. The van der Waals surface area contributed by atoms with E-state index in [1.165, 1.54) is 22.7 Å². The lowest BCUT2D eigenvalue weighted by Gasteiger charge is -2.05. The number of nitrogens with one attached hydrogen (secondary N) is 1. The first-order valence-electron chi connectivity index (χ1n) is 6.64. The lowest BCUT2D eigenvalue weighted by Crippen LogP contribution is -2.22. The number of hydrogen-bond donors (Lipinski definition) is 1. The molecule has 3 rings (SSSR count). The van der Waals surface area contributed by atoms with E-state index in [9.17, 15) is 8.42 Å². The molecule has 0 saturated heterocycles. The number of thiazole rings is 1. The van der Waals surface area contributed by atoms with Crippen molar-refractivity contribution in [2.24, 2.45) is 0 Å². The molecule has 1 aromatic carbocycles. The molecule has 116 valence electrons. The van der Waals surface area contributed by atoms with Crippen LogP contribution in [0.2, 0.25) is 0 Å². The molecule has 0 saturated carbocycles. The maximum absolute atomic E-state index is 12.4. The summed E-state index contributed by atoms with van der Waals surface area (Å²) >= 11 is 4.73. The van der Waals surface area contributed by atoms with Gasteiger partial charge in [0.15, 0.2) is 4.34 Å². The fraction of sp³-hybridized carbons (Fsp3) is 0.214. The topological polar surface area (TPSA) is 59.1 Å². The number of rotatable bonds is 6. The molecule has 2 aromatic heterocycles. The Hall–Kier alpha value is -0.930. The van der Waals surface area contributed by atoms with Crippen molar-refractivity contribution in [2.75, 3.05) is 5.75 Å². The van der Waals surface area contributed by atoms with Crippen molar-refractivity contribution >= 4 is 54.7 Å². The Morgan fingerprint density at radius 2 is 2.18 bits per heavy atom. The van der Waals surface area contributed by atoms with Gasteiger partial charge in [-0.3, -0.25) is 0 Å². The van der Waals surface area contributed by atoms with Crippen molar-refractivity contribution in [3.63, 3.8) is 0 Å². The number of benzene rings is 1. The second-order valence-electron chi connectivity index (χ2n) is 4.45. The molecule has 0 bridgehead atoms. The zero-order valence-corrected chi connectivity index (χ0v) is 15.0. The SMILES string of the molecule is CCSc1nc2ccc(S(=O)(=O)NCc3cccs3)cc2s1. The van der Waals surface area contributed by atoms with Gasteiger partial charge in [0.25, 0.3) is 0 Å². The Morgan fingerprint density at radius 3 is 2.91 bits per heavy atom. The number of fused-ring (bicyclic) bond motifs is 1. The minimum absolute atomic E-state index is 0.285. The second-order valence-corrected chi connectivity index (χ2v) is 9.79. The number of sulfonamides is 1. The van der Waals surface area contributed by atoms with Gasteiger partial charge >= 0.3 is 0 Å². The third-order valence-electron chi connectivity index (χ3n) is 2.93. The van der Waals surface area contributed by atoms with Gasteiger partial charge in [0.1, 0.15) is 0 Å². The van der Waals surface area contributed by atoms with Gasteiger partial charge in [-0.2, -0.15) is 0 Å². The van der Waals surface area contributed by atoms with E-state index in [1.807, 2.05) is 17.5 Å². The minimum Gasteiger partial charge on any atom is -0.230 e. The maximum Gasteiger partial charge on any atom is 0.240 e. The number of thioether (sulfide) groups is 1. The molecule has 1 N–H and O–H groups in total. The monoisotopic (exact) mass is 370 g/mol. The van der Waals surface area contributed by atoms with Crippen LogP contribution in [-0.4, -0.2) is 19.2 Å². The van der Waals surface area contributed by atoms with Crippen molar-refractivity contribution < 1.29 is 8.42 Å². The van der Waals surface area contributed by atoms with E-state index in [1.54, 1.807) is 30.0 Å². The lowest BCUT2D eigenvalue weighted by atomic mass is 10.3. The van der Waals surface area contributed by atoms with Gasteiger partial charge in [0.2, 0.25) is 10.0 Å². The number of nitrogens with zero attached hydrogens (tertiary/aromatic N) is 1. The zero-order valence-electron chi connectivity index (χ0n) is 11.8. The van der Waals surface area contributed by atoms with Gasteiger partial charge < -0.3 is 0 Å². The number of aromatic nitrogens is 1. The van der Waals surface area contributed by atoms with Crippen LogP contribution in [0.25, 0.3) is 10.2 Å². The molecule has 0 spiro atoms. The number of hydrogen-bond acceptors (Lipinski definition) is 6. The third kappa shape index (κ3) is 3.52. The summed E-state index contributed by atoms with van der Waals surface area (Å²) in [4.78, 5) is 5.76. The predicted octanol–water partition coefficient (Wildman–Crippen LogP) is 3.95. The molecule has 22 heavy (non-hydrogen) atoms. The summed E-state index contributed by atoms with van der Waals surface area (Å²) in [6, 6.07) is 8.90. The van der Waals surface area contributed by atoms with Crippen LogP contribution in [0, 0.1) is 0 Å². The van der Waals surface area contributed by atoms with E-state index in [0.29, 0.717) is 6.54 Å². The Balaban J connectivity index is 1.84. The van der Waals surface area contributed by atoms with Crippen LogP contribution < -0.4 is 4.72 Å². The van der Waals surface area contributed by atoms with Gasteiger partial charge in [0.05, 0.1) is 15.1 Å². The van der Waals surface area contributed by atoms with Crippen LogP contribution in [0.15, 0.2) is 44.9 Å². The van der Waals surface area contributed by atoms with E-state index >= 15 is 0 Å². The van der Waals surface area contributed by atoms with Crippen LogP contribution in [0.3, 0.4) is 0 Å². The summed E-state index contributed by atoms with van der Waals surface area (Å²) in [7, 11) is -3.50. The van der Waals surface area contributed by atoms with Crippen molar-refractivity contribution in [3.8, 4) is 0 Å². The molecule has 8 heteroatoms. The van der Waals surface area contributed by atoms with Crippen LogP contribution in [0.1, 0.15) is 11.8 Å². The first kappa shape index (κ1) is 15.9. The summed E-state index contributed by atoms with van der Waals surface area (Å²) in [6.45, 7) is 2.39. The van der Waals surface area contributed by atoms with E-state index in [2.05, 4.69) is 16.6 Å². The Labute approximate surface area is 141 Å². The Morgan fingerprint density at radius 1 is 1.32 bits per heavy atom. The van der Waals surface area contributed by atoms with Gasteiger partial charge in [-0.1, -0.05) is 24.8 Å². The molecule has 0 unspecified atom stereocenters. The predicted molar refractivity (Wildman–Crippen MR) is 94.4 cm³/mol. The standard InChI is InChI=1S/C14H14N2O2S4/c1-2-19-14-16-12-6-5-11(8-13(12)21-14)22(17,18)15-9-10-4-3-7-20-10/h3-8,15H,2,9H2,1H3. The first-order valence-corrected chi connectivity index (χ1v) is 10.8. The van der Waals surface area contributed by atoms with E-state index < -0.39 is 10.0 Å². The highest BCUT2D eigenvalue weighted by Gasteiger charge is 2.16. The molecule has 0 aliphatic rings. The average Bonchev–Trinajstić information content (AvgIpc) is 3.13. The van der Waals surface area contributed by atoms with Gasteiger partial charge in [0, 0.05) is 11.4 Å². The molecule has 3 aromatic rings. The normalized spacial score (nSPS) is 12.0. The van der Waals surface area contributed by atoms with E-state index in [-0.39, 0.29) is 4.90 Å². The molecule has 0 aliphatic heterocycles. The molecule has 2 heterocycles. The fourth-order valence-corrected chi connectivity index (χ4v) is 5.75. The van der Waals surface area contributed by atoms with Crippen LogP contribution >= 0.6 is 34.4 Å². The van der Waals surface area contributed by atoms with Crippen molar-refractivity contribution in [1.82, 2.24) is 9.71 Å². The van der Waals surface area contributed by atoms with Crippen molar-refractivity contribution in [1.29, 1.82) is 0 Å². The largest absolute Gasteiger partial charge is 0.240 e. The highest BCUT2D eigenvalue weighted by molar-refractivity contribution is 8.01. The summed E-state index contributed by atoms with van der Waals surface area (Å²) in [5.74, 6) is 0.952. The highest BCUT2D eigenvalue weighted by atomic mass is 32.2. The molecular weight excluding hydrogens is 356 g/mol. The lowest BCUT2D eigenvalue weighted by molar-refractivity contribution is 0.582. The Kier molecular flexibility index (Phi) is 4.84. The first-order chi connectivity index (χ1) is 10.6. The smallest absolute Gasteiger partial charge is 0.230 e. The van der Waals surface area contributed by atoms with Gasteiger partial charge in [-0.25, -0.2) is 18.1 Å². The molecule has 0 aliphatic carbocycles. The van der Waals surface area contributed by atoms with Crippen LogP contribution in [0.5, 0.6) is 0 Å². The molecule has 0 fully saturated rings. The van der Waals surface area contributed by atoms with Gasteiger partial charge in [-0.05, 0) is 35.4 Å². The molecule has 0 radical (unpaired) electrons. The van der Waals surface area contributed by atoms with E-state index in [4.69, 9.17) is 0 Å². The fourth-order valence-electron chi connectivity index (χ4n) is 1.90. The summed E-state index contributed by atoms with van der Waals surface area (Å²) < 4.78 is 29.3. The average molecular weight is 371 g/mol. The molecule has 0 amide bonds. The zero-order chi connectivity index (χ0) is 15.6. The minimum atomic E-state index is -3.50. The molecule has 4 nitrogen and oxygen atoms in total. The van der Waals surface area contributed by atoms with Gasteiger partial charge in [-0.15, -0.1) is 22.7 Å². The molecule has 0 atom stereocenters. The third-order valence-corrected chi connectivity index (χ3v) is 7.25. The van der Waals surface area contributed by atoms with Crippen molar-refractivity contribution in [3.05, 3.63) is 40.6 Å². The summed E-state index contributed by atoms with van der Waals surface area (Å²) in [5.41, 5.74) is 0.846. The van der Waals surface area contributed by atoms with Crippen LogP contribution in [0.4, 0.5) is 0 Å². The quantitative estimate of drug-likeness (QED) is 0.668.